The summed E-state index contributed by atoms with van der Waals surface area (Å²) in [7, 11) is 1.43. The zero-order valence-electron chi connectivity index (χ0n) is 11.2. The second kappa shape index (κ2) is 4.82. The zero-order chi connectivity index (χ0) is 13.3. The number of fused-ring (bicyclic) bond motifs is 2. The van der Waals surface area contributed by atoms with Crippen LogP contribution >= 0.6 is 0 Å². The third-order valence-corrected chi connectivity index (χ3v) is 4.43. The molecule has 100 valence electrons. The summed E-state index contributed by atoms with van der Waals surface area (Å²) >= 11 is 0. The first-order valence-electron chi connectivity index (χ1n) is 6.84. The van der Waals surface area contributed by atoms with Gasteiger partial charge < -0.3 is 10.1 Å². The predicted molar refractivity (Wildman–Crippen MR) is 74.8 cm³/mol. The van der Waals surface area contributed by atoms with Gasteiger partial charge in [0, 0.05) is 11.5 Å². The number of benzene rings is 1. The average molecular weight is 257 g/mol. The van der Waals surface area contributed by atoms with Crippen molar-refractivity contribution in [2.45, 2.75) is 24.7 Å². The standard InChI is InChI=1S/C16H19NO2/c1-19-15(18)10-12-11-16(6-8-17-9-7-16)14-5-3-2-4-13(12)14/h2-5,10,17H,6-9,11H2,1H3/b12-10+. The highest BCUT2D eigenvalue weighted by molar-refractivity contribution is 5.93. The smallest absolute Gasteiger partial charge is 0.330 e. The van der Waals surface area contributed by atoms with E-state index in [0.717, 1.165) is 37.9 Å². The molecule has 1 saturated heterocycles. The maximum absolute atomic E-state index is 11.5. The molecule has 0 unspecified atom stereocenters. The topological polar surface area (TPSA) is 38.3 Å². The van der Waals surface area contributed by atoms with E-state index in [1.165, 1.54) is 18.2 Å². The molecule has 0 bridgehead atoms. The minimum atomic E-state index is -0.254. The van der Waals surface area contributed by atoms with Crippen molar-refractivity contribution in [1.29, 1.82) is 0 Å². The molecule has 0 aromatic heterocycles. The minimum Gasteiger partial charge on any atom is -0.466 e. The van der Waals surface area contributed by atoms with Gasteiger partial charge in [-0.2, -0.15) is 0 Å². The summed E-state index contributed by atoms with van der Waals surface area (Å²) in [5.74, 6) is -0.254. The van der Waals surface area contributed by atoms with Gasteiger partial charge >= 0.3 is 5.97 Å². The molecule has 2 aliphatic rings. The Labute approximate surface area is 113 Å². The van der Waals surface area contributed by atoms with E-state index >= 15 is 0 Å². The first kappa shape index (κ1) is 12.4. The first-order chi connectivity index (χ1) is 9.25. The van der Waals surface area contributed by atoms with E-state index in [4.69, 9.17) is 4.74 Å². The average Bonchev–Trinajstić information content (AvgIpc) is 2.74. The van der Waals surface area contributed by atoms with Crippen LogP contribution in [0.15, 0.2) is 30.3 Å². The van der Waals surface area contributed by atoms with Gasteiger partial charge in [-0.3, -0.25) is 0 Å². The molecule has 1 aliphatic carbocycles. The SMILES string of the molecule is COC(=O)/C=C1\CC2(CCNCC2)c2ccccc21. The van der Waals surface area contributed by atoms with Crippen LogP contribution in [0.25, 0.3) is 5.57 Å². The molecule has 1 heterocycles. The summed E-state index contributed by atoms with van der Waals surface area (Å²) in [5.41, 5.74) is 3.99. The zero-order valence-corrected chi connectivity index (χ0v) is 11.2. The van der Waals surface area contributed by atoms with Crippen molar-refractivity contribution in [3.63, 3.8) is 0 Å². The molecule has 1 aromatic carbocycles. The van der Waals surface area contributed by atoms with Gasteiger partial charge in [-0.25, -0.2) is 4.79 Å². The monoisotopic (exact) mass is 257 g/mol. The molecule has 1 N–H and O–H groups in total. The number of piperidine rings is 1. The summed E-state index contributed by atoms with van der Waals surface area (Å²) < 4.78 is 4.78. The Bertz CT molecular complexity index is 527. The van der Waals surface area contributed by atoms with E-state index in [1.807, 2.05) is 6.07 Å². The number of hydrogen-bond donors (Lipinski definition) is 1. The maximum atomic E-state index is 11.5. The Kier molecular flexibility index (Phi) is 3.15. The van der Waals surface area contributed by atoms with E-state index in [-0.39, 0.29) is 11.4 Å². The van der Waals surface area contributed by atoms with Gasteiger partial charge in [0.25, 0.3) is 0 Å². The number of nitrogens with one attached hydrogen (secondary N) is 1. The van der Waals surface area contributed by atoms with Crippen molar-refractivity contribution >= 4 is 11.5 Å². The van der Waals surface area contributed by atoms with Gasteiger partial charge in [0.05, 0.1) is 7.11 Å². The molecule has 0 saturated carbocycles. The molecule has 3 nitrogen and oxygen atoms in total. The highest BCUT2D eigenvalue weighted by Gasteiger charge is 2.41. The lowest BCUT2D eigenvalue weighted by molar-refractivity contribution is -0.134. The summed E-state index contributed by atoms with van der Waals surface area (Å²) in [4.78, 5) is 11.5. The molecule has 0 atom stereocenters. The molecule has 0 radical (unpaired) electrons. The number of carbonyl (C=O) groups is 1. The second-order valence-corrected chi connectivity index (χ2v) is 5.45. The van der Waals surface area contributed by atoms with Crippen molar-refractivity contribution in [3.05, 3.63) is 41.5 Å². The lowest BCUT2D eigenvalue weighted by Crippen LogP contribution is -2.38. The number of allylic oxidation sites excluding steroid dienone is 1. The number of rotatable bonds is 1. The Hall–Kier alpha value is -1.61. The number of carbonyl (C=O) groups excluding carboxylic acids is 1. The quantitative estimate of drug-likeness (QED) is 0.619. The van der Waals surface area contributed by atoms with Gasteiger partial charge in [0.2, 0.25) is 0 Å². The van der Waals surface area contributed by atoms with Crippen LogP contribution in [0.1, 0.15) is 30.4 Å². The fourth-order valence-electron chi connectivity index (χ4n) is 3.46. The largest absolute Gasteiger partial charge is 0.466 e. The summed E-state index contributed by atoms with van der Waals surface area (Å²) in [6.07, 6.45) is 4.91. The van der Waals surface area contributed by atoms with Crippen LogP contribution in [0.3, 0.4) is 0 Å². The molecular weight excluding hydrogens is 238 g/mol. The van der Waals surface area contributed by atoms with Crippen molar-refractivity contribution in [1.82, 2.24) is 5.32 Å². The summed E-state index contributed by atoms with van der Waals surface area (Å²) in [6.45, 7) is 2.11. The molecule has 3 rings (SSSR count). The third-order valence-electron chi connectivity index (χ3n) is 4.43. The minimum absolute atomic E-state index is 0.224. The van der Waals surface area contributed by atoms with E-state index in [0.29, 0.717) is 0 Å². The van der Waals surface area contributed by atoms with Crippen LogP contribution in [-0.2, 0) is 14.9 Å². The molecule has 3 heteroatoms. The molecule has 1 spiro atoms. The lowest BCUT2D eigenvalue weighted by atomic mass is 9.74. The molecule has 1 fully saturated rings. The lowest BCUT2D eigenvalue weighted by Gasteiger charge is -2.34. The maximum Gasteiger partial charge on any atom is 0.330 e. The third kappa shape index (κ3) is 2.08. The predicted octanol–water partition coefficient (Wildman–Crippen LogP) is 2.27. The van der Waals surface area contributed by atoms with Crippen LogP contribution in [-0.4, -0.2) is 26.2 Å². The van der Waals surface area contributed by atoms with E-state index in [2.05, 4.69) is 23.5 Å². The Morgan fingerprint density at radius 3 is 2.79 bits per heavy atom. The molecule has 19 heavy (non-hydrogen) atoms. The van der Waals surface area contributed by atoms with Gasteiger partial charge in [-0.1, -0.05) is 24.3 Å². The fourth-order valence-corrected chi connectivity index (χ4v) is 3.46. The number of esters is 1. The molecule has 0 amide bonds. The van der Waals surface area contributed by atoms with Crippen LogP contribution in [0.5, 0.6) is 0 Å². The van der Waals surface area contributed by atoms with Gasteiger partial charge in [-0.05, 0) is 49.1 Å². The molecule has 1 aliphatic heterocycles. The Morgan fingerprint density at radius 1 is 1.32 bits per heavy atom. The van der Waals surface area contributed by atoms with Crippen LogP contribution in [0.2, 0.25) is 0 Å². The van der Waals surface area contributed by atoms with Crippen molar-refractivity contribution in [2.75, 3.05) is 20.2 Å². The highest BCUT2D eigenvalue weighted by Crippen LogP contribution is 2.50. The number of hydrogen-bond acceptors (Lipinski definition) is 3. The van der Waals surface area contributed by atoms with Crippen LogP contribution in [0.4, 0.5) is 0 Å². The normalized spacial score (nSPS) is 22.5. The van der Waals surface area contributed by atoms with Crippen molar-refractivity contribution < 1.29 is 9.53 Å². The van der Waals surface area contributed by atoms with Crippen LogP contribution in [0, 0.1) is 0 Å². The first-order valence-corrected chi connectivity index (χ1v) is 6.84. The fraction of sp³-hybridized carbons (Fsp3) is 0.438. The number of methoxy groups -OCH3 is 1. The second-order valence-electron chi connectivity index (χ2n) is 5.45. The highest BCUT2D eigenvalue weighted by atomic mass is 16.5. The van der Waals surface area contributed by atoms with Gasteiger partial charge in [0.15, 0.2) is 0 Å². The Morgan fingerprint density at radius 2 is 2.05 bits per heavy atom. The van der Waals surface area contributed by atoms with Crippen LogP contribution < -0.4 is 5.32 Å². The van der Waals surface area contributed by atoms with E-state index in [9.17, 15) is 4.79 Å². The van der Waals surface area contributed by atoms with E-state index in [1.54, 1.807) is 6.08 Å². The van der Waals surface area contributed by atoms with Crippen molar-refractivity contribution in [3.8, 4) is 0 Å². The van der Waals surface area contributed by atoms with Gasteiger partial charge in [-0.15, -0.1) is 0 Å². The van der Waals surface area contributed by atoms with Gasteiger partial charge in [0.1, 0.15) is 0 Å². The summed E-state index contributed by atoms with van der Waals surface area (Å²) in [5, 5.41) is 3.42. The Balaban J connectivity index is 2.04. The van der Waals surface area contributed by atoms with Crippen molar-refractivity contribution in [2.24, 2.45) is 0 Å². The van der Waals surface area contributed by atoms with E-state index < -0.39 is 0 Å². The molecule has 1 aromatic rings. The number of ether oxygens (including phenoxy) is 1. The molecular formula is C16H19NO2. The summed E-state index contributed by atoms with van der Waals surface area (Å²) in [6, 6.07) is 8.49.